The Kier molecular flexibility index (Phi) is 5.35. The highest BCUT2D eigenvalue weighted by Crippen LogP contribution is 2.35. The molecule has 0 fully saturated rings. The fourth-order valence-electron chi connectivity index (χ4n) is 2.45. The highest BCUT2D eigenvalue weighted by atomic mass is 35.5. The van der Waals surface area contributed by atoms with E-state index in [4.69, 9.17) is 16.7 Å². The van der Waals surface area contributed by atoms with Gasteiger partial charge in [0.15, 0.2) is 5.78 Å². The summed E-state index contributed by atoms with van der Waals surface area (Å²) in [7, 11) is 0. The number of amides is 1. The summed E-state index contributed by atoms with van der Waals surface area (Å²) >= 11 is 7.62. The second-order valence-electron chi connectivity index (χ2n) is 5.59. The number of hydrogen-bond acceptors (Lipinski definition) is 4. The van der Waals surface area contributed by atoms with Crippen molar-refractivity contribution in [2.24, 2.45) is 0 Å². The molecule has 0 aliphatic heterocycles. The van der Waals surface area contributed by atoms with E-state index in [0.29, 0.717) is 21.2 Å². The van der Waals surface area contributed by atoms with Gasteiger partial charge in [0.2, 0.25) is 0 Å². The van der Waals surface area contributed by atoms with E-state index in [-0.39, 0.29) is 24.5 Å². The Balaban J connectivity index is 1.72. The maximum absolute atomic E-state index is 12.5. The highest BCUT2D eigenvalue weighted by molar-refractivity contribution is 7.21. The van der Waals surface area contributed by atoms with Crippen LogP contribution < -0.4 is 5.32 Å². The van der Waals surface area contributed by atoms with Crippen molar-refractivity contribution in [3.63, 3.8) is 0 Å². The Morgan fingerprint density at radius 1 is 1.00 bits per heavy atom. The van der Waals surface area contributed by atoms with Gasteiger partial charge in [0.05, 0.1) is 11.4 Å². The lowest BCUT2D eigenvalue weighted by molar-refractivity contribution is -0.136. The average molecular weight is 388 g/mol. The molecule has 0 aliphatic rings. The lowest BCUT2D eigenvalue weighted by Crippen LogP contribution is -2.11. The highest BCUT2D eigenvalue weighted by Gasteiger charge is 2.17. The van der Waals surface area contributed by atoms with Crippen molar-refractivity contribution in [2.75, 3.05) is 5.32 Å². The van der Waals surface area contributed by atoms with Gasteiger partial charge in [-0.1, -0.05) is 29.8 Å². The predicted octanol–water partition coefficient (Wildman–Crippen LogP) is 4.85. The van der Waals surface area contributed by atoms with Crippen molar-refractivity contribution >= 4 is 56.4 Å². The summed E-state index contributed by atoms with van der Waals surface area (Å²) < 4.78 is 0.932. The lowest BCUT2D eigenvalue weighted by atomic mass is 10.1. The minimum atomic E-state index is -1.01. The van der Waals surface area contributed by atoms with Crippen molar-refractivity contribution in [2.45, 2.75) is 12.8 Å². The zero-order valence-electron chi connectivity index (χ0n) is 13.5. The molecule has 0 spiro atoms. The van der Waals surface area contributed by atoms with E-state index in [1.807, 2.05) is 24.3 Å². The first-order valence-corrected chi connectivity index (χ1v) is 8.98. The minimum Gasteiger partial charge on any atom is -0.481 e. The summed E-state index contributed by atoms with van der Waals surface area (Å²) in [6.07, 6.45) is -0.264. The van der Waals surface area contributed by atoms with E-state index >= 15 is 0 Å². The molecule has 0 saturated carbocycles. The molecule has 0 atom stereocenters. The summed E-state index contributed by atoms with van der Waals surface area (Å²) in [5.41, 5.74) is 0.933. The maximum atomic E-state index is 12.5. The molecule has 1 amide bonds. The van der Waals surface area contributed by atoms with Crippen LogP contribution in [0.5, 0.6) is 0 Å². The van der Waals surface area contributed by atoms with E-state index in [0.717, 1.165) is 10.1 Å². The molecule has 26 heavy (non-hydrogen) atoms. The molecule has 0 aliphatic carbocycles. The Bertz CT molecular complexity index is 994. The Morgan fingerprint density at radius 3 is 2.35 bits per heavy atom. The topological polar surface area (TPSA) is 83.5 Å². The van der Waals surface area contributed by atoms with Gasteiger partial charge in [-0.3, -0.25) is 14.4 Å². The molecule has 7 heteroatoms. The Labute approximate surface area is 158 Å². The van der Waals surface area contributed by atoms with Gasteiger partial charge in [-0.25, -0.2) is 0 Å². The minimum absolute atomic E-state index is 0.0571. The number of nitrogens with one attached hydrogen (secondary N) is 1. The SMILES string of the molecule is O=C(O)CCC(=O)c1ccc(NC(=O)c2sc3ccccc3c2Cl)cc1. The number of carboxylic acid groups (broad SMARTS) is 1. The van der Waals surface area contributed by atoms with Gasteiger partial charge in [-0.05, 0) is 30.3 Å². The number of carbonyl (C=O) groups excluding carboxylic acids is 2. The van der Waals surface area contributed by atoms with Crippen LogP contribution in [0.3, 0.4) is 0 Å². The monoisotopic (exact) mass is 387 g/mol. The molecule has 0 bridgehead atoms. The van der Waals surface area contributed by atoms with Crippen LogP contribution in [0.15, 0.2) is 48.5 Å². The van der Waals surface area contributed by atoms with Crippen LogP contribution >= 0.6 is 22.9 Å². The third-order valence-corrected chi connectivity index (χ3v) is 5.45. The van der Waals surface area contributed by atoms with Crippen LogP contribution in [0.25, 0.3) is 10.1 Å². The number of fused-ring (bicyclic) bond motifs is 1. The van der Waals surface area contributed by atoms with Gasteiger partial charge in [-0.15, -0.1) is 11.3 Å². The molecule has 2 N–H and O–H groups in total. The number of benzene rings is 2. The fraction of sp³-hybridized carbons (Fsp3) is 0.105. The third kappa shape index (κ3) is 3.92. The summed E-state index contributed by atoms with van der Waals surface area (Å²) in [6, 6.07) is 13.8. The van der Waals surface area contributed by atoms with Crippen molar-refractivity contribution in [1.82, 2.24) is 0 Å². The lowest BCUT2D eigenvalue weighted by Gasteiger charge is -2.05. The second kappa shape index (κ2) is 7.68. The number of carboxylic acids is 1. The molecule has 3 aromatic rings. The number of aliphatic carboxylic acids is 1. The first-order valence-electron chi connectivity index (χ1n) is 7.79. The van der Waals surface area contributed by atoms with E-state index in [9.17, 15) is 14.4 Å². The molecule has 0 unspecified atom stereocenters. The number of carbonyl (C=O) groups is 3. The Morgan fingerprint density at radius 2 is 1.69 bits per heavy atom. The predicted molar refractivity (Wildman–Crippen MR) is 102 cm³/mol. The van der Waals surface area contributed by atoms with Gasteiger partial charge < -0.3 is 10.4 Å². The summed E-state index contributed by atoms with van der Waals surface area (Å²) in [4.78, 5) is 35.3. The number of rotatable bonds is 6. The van der Waals surface area contributed by atoms with Crippen LogP contribution in [0.4, 0.5) is 5.69 Å². The molecule has 0 saturated heterocycles. The second-order valence-corrected chi connectivity index (χ2v) is 7.02. The molecule has 0 radical (unpaired) electrons. The van der Waals surface area contributed by atoms with E-state index in [2.05, 4.69) is 5.32 Å². The van der Waals surface area contributed by atoms with Crippen LogP contribution in [-0.4, -0.2) is 22.8 Å². The molecular weight excluding hydrogens is 374 g/mol. The number of thiophene rings is 1. The van der Waals surface area contributed by atoms with Crippen molar-refractivity contribution in [3.8, 4) is 0 Å². The van der Waals surface area contributed by atoms with Gasteiger partial charge >= 0.3 is 5.97 Å². The van der Waals surface area contributed by atoms with E-state index < -0.39 is 5.97 Å². The number of hydrogen-bond donors (Lipinski definition) is 2. The normalized spacial score (nSPS) is 10.7. The van der Waals surface area contributed by atoms with Crippen molar-refractivity contribution < 1.29 is 19.5 Å². The van der Waals surface area contributed by atoms with Gasteiger partial charge in [-0.2, -0.15) is 0 Å². The molecule has 132 valence electrons. The first-order chi connectivity index (χ1) is 12.5. The molecule has 2 aromatic carbocycles. The number of halogens is 1. The van der Waals surface area contributed by atoms with Gasteiger partial charge in [0, 0.05) is 27.8 Å². The zero-order chi connectivity index (χ0) is 18.7. The zero-order valence-corrected chi connectivity index (χ0v) is 15.1. The molecule has 1 aromatic heterocycles. The quantitative estimate of drug-likeness (QED) is 0.592. The molecule has 5 nitrogen and oxygen atoms in total. The largest absolute Gasteiger partial charge is 0.481 e. The standard InChI is InChI=1S/C19H14ClNO4S/c20-17-13-3-1-2-4-15(13)26-18(17)19(25)21-12-7-5-11(6-8-12)14(22)9-10-16(23)24/h1-8H,9-10H2,(H,21,25)(H,23,24). The molecular formula is C19H14ClNO4S. The van der Waals surface area contributed by atoms with Crippen LogP contribution in [0.2, 0.25) is 5.02 Å². The number of Topliss-reactive ketones (excluding diaryl/α,β-unsaturated/α-hetero) is 1. The van der Waals surface area contributed by atoms with Crippen LogP contribution in [0, 0.1) is 0 Å². The number of ketones is 1. The molecule has 1 heterocycles. The van der Waals surface area contributed by atoms with Crippen LogP contribution in [-0.2, 0) is 4.79 Å². The first kappa shape index (κ1) is 18.1. The fourth-order valence-corrected chi connectivity index (χ4v) is 3.86. The average Bonchev–Trinajstić information content (AvgIpc) is 2.97. The smallest absolute Gasteiger partial charge is 0.303 e. The van der Waals surface area contributed by atoms with Gasteiger partial charge in [0.1, 0.15) is 4.88 Å². The molecule has 3 rings (SSSR count). The van der Waals surface area contributed by atoms with Crippen molar-refractivity contribution in [3.05, 3.63) is 64.0 Å². The number of anilines is 1. The summed E-state index contributed by atoms with van der Waals surface area (Å²) in [5, 5.41) is 12.6. The van der Waals surface area contributed by atoms with E-state index in [1.165, 1.54) is 11.3 Å². The Hall–Kier alpha value is -2.70. The third-order valence-electron chi connectivity index (χ3n) is 3.77. The summed E-state index contributed by atoms with van der Waals surface area (Å²) in [5.74, 6) is -1.58. The van der Waals surface area contributed by atoms with Gasteiger partial charge in [0.25, 0.3) is 5.91 Å². The van der Waals surface area contributed by atoms with Crippen LogP contribution in [0.1, 0.15) is 32.9 Å². The van der Waals surface area contributed by atoms with E-state index in [1.54, 1.807) is 24.3 Å². The van der Waals surface area contributed by atoms with Crippen molar-refractivity contribution in [1.29, 1.82) is 0 Å². The summed E-state index contributed by atoms with van der Waals surface area (Å²) in [6.45, 7) is 0. The maximum Gasteiger partial charge on any atom is 0.303 e.